The summed E-state index contributed by atoms with van der Waals surface area (Å²) in [5.74, 6) is 0.320. The van der Waals surface area contributed by atoms with E-state index in [1.165, 1.54) is 11.3 Å². The van der Waals surface area contributed by atoms with Gasteiger partial charge in [0.1, 0.15) is 0 Å². The van der Waals surface area contributed by atoms with Crippen LogP contribution in [0.2, 0.25) is 0 Å². The maximum Gasteiger partial charge on any atom is 0.223 e. The predicted molar refractivity (Wildman–Crippen MR) is 78.0 cm³/mol. The molecule has 1 aromatic rings. The Morgan fingerprint density at radius 2 is 2.32 bits per heavy atom. The number of thiophene rings is 1. The summed E-state index contributed by atoms with van der Waals surface area (Å²) in [5.41, 5.74) is 6.00. The normalized spacial score (nSPS) is 25.3. The minimum Gasteiger partial charge on any atom is -0.335 e. The second-order valence-electron chi connectivity index (χ2n) is 6.00. The Bertz CT molecular complexity index is 433. The van der Waals surface area contributed by atoms with Gasteiger partial charge in [0.05, 0.1) is 6.04 Å². The summed E-state index contributed by atoms with van der Waals surface area (Å²) in [6.45, 7) is 1.58. The molecule has 0 spiro atoms. The van der Waals surface area contributed by atoms with Gasteiger partial charge in [-0.05, 0) is 49.1 Å². The number of rotatable bonds is 4. The van der Waals surface area contributed by atoms with Gasteiger partial charge in [0.2, 0.25) is 5.91 Å². The molecule has 104 valence electrons. The lowest BCUT2D eigenvalue weighted by molar-refractivity contribution is -0.136. The monoisotopic (exact) mass is 278 g/mol. The summed E-state index contributed by atoms with van der Waals surface area (Å²) in [6, 6.07) is 4.56. The average Bonchev–Trinajstić information content (AvgIpc) is 3.02. The molecule has 0 radical (unpaired) electrons. The molecule has 1 saturated carbocycles. The van der Waals surface area contributed by atoms with Gasteiger partial charge in [0.15, 0.2) is 0 Å². The molecular weight excluding hydrogens is 256 g/mol. The van der Waals surface area contributed by atoms with Crippen LogP contribution in [0.1, 0.15) is 49.4 Å². The van der Waals surface area contributed by atoms with E-state index in [4.69, 9.17) is 5.73 Å². The number of nitrogens with zero attached hydrogens (tertiary/aromatic N) is 1. The molecule has 1 amide bonds. The molecule has 3 nitrogen and oxygen atoms in total. The van der Waals surface area contributed by atoms with Crippen molar-refractivity contribution in [1.82, 2.24) is 4.90 Å². The maximum absolute atomic E-state index is 12.6. The van der Waals surface area contributed by atoms with Crippen LogP contribution in [-0.2, 0) is 4.79 Å². The summed E-state index contributed by atoms with van der Waals surface area (Å²) in [5, 5.41) is 2.10. The Labute approximate surface area is 118 Å². The van der Waals surface area contributed by atoms with E-state index in [2.05, 4.69) is 22.4 Å². The van der Waals surface area contributed by atoms with Crippen molar-refractivity contribution in [3.8, 4) is 0 Å². The smallest absolute Gasteiger partial charge is 0.223 e. The Balaban J connectivity index is 1.69. The van der Waals surface area contributed by atoms with Crippen LogP contribution in [0.4, 0.5) is 0 Å². The van der Waals surface area contributed by atoms with Crippen molar-refractivity contribution in [3.05, 3.63) is 22.4 Å². The van der Waals surface area contributed by atoms with E-state index in [1.807, 2.05) is 0 Å². The lowest BCUT2D eigenvalue weighted by Gasteiger charge is -2.41. The topological polar surface area (TPSA) is 46.3 Å². The van der Waals surface area contributed by atoms with Crippen molar-refractivity contribution in [2.75, 3.05) is 13.1 Å². The molecule has 19 heavy (non-hydrogen) atoms. The van der Waals surface area contributed by atoms with Gasteiger partial charge in [-0.3, -0.25) is 4.79 Å². The summed E-state index contributed by atoms with van der Waals surface area (Å²) in [6.07, 6.45) is 6.40. The zero-order valence-corrected chi connectivity index (χ0v) is 12.1. The van der Waals surface area contributed by atoms with Crippen molar-refractivity contribution >= 4 is 17.2 Å². The minimum absolute atomic E-state index is 0.125. The molecular formula is C15H22N2OS. The molecule has 2 N–H and O–H groups in total. The van der Waals surface area contributed by atoms with E-state index >= 15 is 0 Å². The molecule has 4 heteroatoms. The van der Waals surface area contributed by atoms with Crippen molar-refractivity contribution in [1.29, 1.82) is 0 Å². The third-order valence-corrected chi connectivity index (χ3v) is 5.79. The Kier molecular flexibility index (Phi) is 3.63. The average molecular weight is 278 g/mol. The van der Waals surface area contributed by atoms with Crippen LogP contribution in [0.15, 0.2) is 17.5 Å². The van der Waals surface area contributed by atoms with Crippen LogP contribution >= 0.6 is 11.3 Å². The second-order valence-corrected chi connectivity index (χ2v) is 6.97. The number of hydrogen-bond acceptors (Lipinski definition) is 3. The van der Waals surface area contributed by atoms with Gasteiger partial charge >= 0.3 is 0 Å². The molecule has 0 bridgehead atoms. The first kappa shape index (κ1) is 13.1. The summed E-state index contributed by atoms with van der Waals surface area (Å²) in [4.78, 5) is 16.0. The van der Waals surface area contributed by atoms with E-state index in [9.17, 15) is 4.79 Å². The molecule has 3 rings (SSSR count). The lowest BCUT2D eigenvalue weighted by Crippen LogP contribution is -2.43. The Hall–Kier alpha value is -0.870. The first-order valence-corrected chi connectivity index (χ1v) is 8.15. The summed E-state index contributed by atoms with van der Waals surface area (Å²) >= 11 is 1.77. The van der Waals surface area contributed by atoms with Crippen LogP contribution in [0.5, 0.6) is 0 Å². The van der Waals surface area contributed by atoms with Crippen LogP contribution < -0.4 is 5.73 Å². The SMILES string of the molecule is NCC1(CC(=O)N2CCCC2c2cccs2)CCC1. The molecule has 1 aromatic heterocycles. The van der Waals surface area contributed by atoms with Crippen LogP contribution in [0.3, 0.4) is 0 Å². The van der Waals surface area contributed by atoms with Gasteiger partial charge in [-0.15, -0.1) is 11.3 Å². The Morgan fingerprint density at radius 3 is 2.89 bits per heavy atom. The second kappa shape index (κ2) is 5.25. The number of amides is 1. The van der Waals surface area contributed by atoms with Gasteiger partial charge in [-0.25, -0.2) is 0 Å². The van der Waals surface area contributed by atoms with Gasteiger partial charge in [-0.2, -0.15) is 0 Å². The highest BCUT2D eigenvalue weighted by Gasteiger charge is 2.40. The van der Waals surface area contributed by atoms with E-state index in [-0.39, 0.29) is 5.41 Å². The molecule has 1 saturated heterocycles. The zero-order chi connectivity index (χ0) is 13.3. The van der Waals surface area contributed by atoms with Gasteiger partial charge < -0.3 is 10.6 Å². The van der Waals surface area contributed by atoms with E-state index < -0.39 is 0 Å². The molecule has 2 aliphatic rings. The first-order chi connectivity index (χ1) is 9.24. The number of carbonyl (C=O) groups excluding carboxylic acids is 1. The molecule has 2 fully saturated rings. The van der Waals surface area contributed by atoms with Crippen molar-refractivity contribution in [2.45, 2.75) is 44.6 Å². The van der Waals surface area contributed by atoms with E-state index in [0.29, 0.717) is 24.9 Å². The predicted octanol–water partition coefficient (Wildman–Crippen LogP) is 2.93. The quantitative estimate of drug-likeness (QED) is 0.920. The summed E-state index contributed by atoms with van der Waals surface area (Å²) < 4.78 is 0. The number of likely N-dealkylation sites (tertiary alicyclic amines) is 1. The van der Waals surface area contributed by atoms with Gasteiger partial charge in [0, 0.05) is 17.8 Å². The minimum atomic E-state index is 0.125. The number of carbonyl (C=O) groups is 1. The third-order valence-electron chi connectivity index (χ3n) is 4.82. The molecule has 1 atom stereocenters. The lowest BCUT2D eigenvalue weighted by atomic mass is 9.66. The third kappa shape index (κ3) is 2.43. The van der Waals surface area contributed by atoms with Crippen molar-refractivity contribution in [2.24, 2.45) is 11.1 Å². The number of nitrogens with two attached hydrogens (primary N) is 1. The highest BCUT2D eigenvalue weighted by molar-refractivity contribution is 7.10. The van der Waals surface area contributed by atoms with Crippen LogP contribution in [0.25, 0.3) is 0 Å². The first-order valence-electron chi connectivity index (χ1n) is 7.27. The highest BCUT2D eigenvalue weighted by atomic mass is 32.1. The summed E-state index contributed by atoms with van der Waals surface area (Å²) in [7, 11) is 0. The molecule has 1 unspecified atom stereocenters. The van der Waals surface area contributed by atoms with Gasteiger partial charge in [-0.1, -0.05) is 12.5 Å². The molecule has 2 heterocycles. The fourth-order valence-electron chi connectivity index (χ4n) is 3.39. The molecule has 1 aliphatic carbocycles. The van der Waals surface area contributed by atoms with E-state index in [1.54, 1.807) is 11.3 Å². The number of hydrogen-bond donors (Lipinski definition) is 1. The zero-order valence-electron chi connectivity index (χ0n) is 11.3. The Morgan fingerprint density at radius 1 is 1.47 bits per heavy atom. The van der Waals surface area contributed by atoms with Crippen molar-refractivity contribution in [3.63, 3.8) is 0 Å². The largest absolute Gasteiger partial charge is 0.335 e. The fraction of sp³-hybridized carbons (Fsp3) is 0.667. The molecule has 1 aliphatic heterocycles. The van der Waals surface area contributed by atoms with Crippen LogP contribution in [0, 0.1) is 5.41 Å². The van der Waals surface area contributed by atoms with Gasteiger partial charge in [0.25, 0.3) is 0 Å². The standard InChI is InChI=1S/C15H22N2OS/c16-11-15(6-3-7-15)10-14(18)17-8-1-4-12(17)13-5-2-9-19-13/h2,5,9,12H,1,3-4,6-8,10-11,16H2. The van der Waals surface area contributed by atoms with Crippen molar-refractivity contribution < 1.29 is 4.79 Å². The maximum atomic E-state index is 12.6. The van der Waals surface area contributed by atoms with E-state index in [0.717, 1.165) is 32.2 Å². The molecule has 0 aromatic carbocycles. The van der Waals surface area contributed by atoms with Crippen LogP contribution in [-0.4, -0.2) is 23.9 Å². The fourth-order valence-corrected chi connectivity index (χ4v) is 4.27. The highest BCUT2D eigenvalue weighted by Crippen LogP contribution is 2.44.